The Morgan fingerprint density at radius 2 is 1.90 bits per heavy atom. The van der Waals surface area contributed by atoms with Crippen LogP contribution in [0.1, 0.15) is 41.1 Å². The molecule has 1 N–H and O–H groups in total. The second kappa shape index (κ2) is 9.97. The molecule has 0 saturated carbocycles. The van der Waals surface area contributed by atoms with Crippen molar-refractivity contribution >= 4 is 27.3 Å². The summed E-state index contributed by atoms with van der Waals surface area (Å²) in [5, 5.41) is 12.6. The maximum absolute atomic E-state index is 11.7. The van der Waals surface area contributed by atoms with Crippen LogP contribution >= 0.6 is 0 Å². The van der Waals surface area contributed by atoms with Gasteiger partial charge in [0.1, 0.15) is 5.60 Å². The second-order valence-corrected chi connectivity index (χ2v) is 8.93. The van der Waals surface area contributed by atoms with Crippen LogP contribution in [0.4, 0.5) is 0 Å². The molecular weight excluding hydrogens is 409 g/mol. The van der Waals surface area contributed by atoms with Gasteiger partial charge in [-0.2, -0.15) is 0 Å². The normalized spacial score (nSPS) is 20.4. The van der Waals surface area contributed by atoms with Crippen molar-refractivity contribution < 1.29 is 63.6 Å². The second-order valence-electron chi connectivity index (χ2n) is 6.92. The Hall–Kier alpha value is -1.55. The van der Waals surface area contributed by atoms with Crippen molar-refractivity contribution in [1.29, 1.82) is 0 Å². The van der Waals surface area contributed by atoms with E-state index in [-0.39, 0.29) is 47.9 Å². The molecule has 1 aliphatic heterocycles. The van der Waals surface area contributed by atoms with Crippen LogP contribution in [-0.4, -0.2) is 50.0 Å². The number of aliphatic carboxylic acids is 1. The van der Waals surface area contributed by atoms with Gasteiger partial charge in [0.15, 0.2) is 15.6 Å². The number of benzene rings is 1. The molecule has 156 valence electrons. The first-order valence-electron chi connectivity index (χ1n) is 8.81. The average Bonchev–Trinajstić information content (AvgIpc) is 2.86. The fourth-order valence-corrected chi connectivity index (χ4v) is 3.39. The van der Waals surface area contributed by atoms with Crippen LogP contribution in [0.2, 0.25) is 0 Å². The molecule has 2 rings (SSSR count). The van der Waals surface area contributed by atoms with Crippen LogP contribution in [0.5, 0.6) is 0 Å². The van der Waals surface area contributed by atoms with E-state index in [1.165, 1.54) is 12.1 Å². The third-order valence-electron chi connectivity index (χ3n) is 4.21. The van der Waals surface area contributed by atoms with Crippen molar-refractivity contribution in [3.8, 4) is 0 Å². The van der Waals surface area contributed by atoms with Crippen LogP contribution in [0.15, 0.2) is 40.1 Å². The van der Waals surface area contributed by atoms with E-state index in [0.717, 1.165) is 11.8 Å². The number of carbonyl (C=O) groups is 1. The summed E-state index contributed by atoms with van der Waals surface area (Å²) in [6.07, 6.45) is 1.51. The number of hydrogen-bond donors (Lipinski definition) is 1. The van der Waals surface area contributed by atoms with Gasteiger partial charge >= 0.3 is 35.5 Å². The van der Waals surface area contributed by atoms with Crippen molar-refractivity contribution in [1.82, 2.24) is 0 Å². The summed E-state index contributed by atoms with van der Waals surface area (Å²) in [5.74, 6) is -0.758. The van der Waals surface area contributed by atoms with Gasteiger partial charge < -0.3 is 20.8 Å². The van der Waals surface area contributed by atoms with E-state index in [9.17, 15) is 13.2 Å². The fourth-order valence-electron chi connectivity index (χ4n) is 2.76. The van der Waals surface area contributed by atoms with Gasteiger partial charge in [-0.3, -0.25) is 0 Å². The zero-order chi connectivity index (χ0) is 21.1. The smallest absolute Gasteiger partial charge is 1.00 e. The molecule has 0 aromatic heterocycles. The van der Waals surface area contributed by atoms with Gasteiger partial charge in [0.2, 0.25) is 6.61 Å². The summed E-state index contributed by atoms with van der Waals surface area (Å²) in [6.45, 7) is 6.86. The largest absolute Gasteiger partial charge is 1.00 e. The average molecular weight is 435 g/mol. The van der Waals surface area contributed by atoms with Crippen LogP contribution in [0, 0.1) is 0 Å². The molecule has 8 nitrogen and oxygen atoms in total. The standard InChI is InChI=1S/C19H25NO7S.Na.H/c1-6-19(4)16(13-7-9-14(10-8-13)28(5,23)24)17(26-12(2)3)18(27-19)20-25-11-15(21)22;;/h7-10,12H,6,11H2,1-5H3,(H,21,22);;/q;+1;-1/t19-;;/m0../s1. The molecule has 0 aliphatic carbocycles. The SMILES string of the molecule is CC[C@]1(C)OC(=NOCC(=O)O)C(OC(C)C)=C1c1ccc(S(C)(=O)=O)cc1.[H-].[Na+]. The monoisotopic (exact) mass is 435 g/mol. The molecule has 10 heteroatoms. The van der Waals surface area contributed by atoms with E-state index < -0.39 is 28.0 Å². The minimum absolute atomic E-state index is 0. The predicted molar refractivity (Wildman–Crippen MR) is 105 cm³/mol. The molecule has 29 heavy (non-hydrogen) atoms. The van der Waals surface area contributed by atoms with Crippen LogP contribution in [0.3, 0.4) is 0 Å². The molecule has 1 aliphatic rings. The molecule has 1 atom stereocenters. The van der Waals surface area contributed by atoms with E-state index in [0.29, 0.717) is 17.8 Å². The summed E-state index contributed by atoms with van der Waals surface area (Å²) in [5.41, 5.74) is 0.611. The molecule has 1 aromatic carbocycles. The summed E-state index contributed by atoms with van der Waals surface area (Å²) in [6, 6.07) is 6.43. The molecule has 0 spiro atoms. The van der Waals surface area contributed by atoms with Crippen LogP contribution in [-0.2, 0) is 28.9 Å². The summed E-state index contributed by atoms with van der Waals surface area (Å²) >= 11 is 0. The number of rotatable bonds is 8. The van der Waals surface area contributed by atoms with Gasteiger partial charge in [0, 0.05) is 6.26 Å². The van der Waals surface area contributed by atoms with Gasteiger partial charge in [-0.25, -0.2) is 13.2 Å². The Morgan fingerprint density at radius 1 is 1.31 bits per heavy atom. The first-order valence-corrected chi connectivity index (χ1v) is 10.7. The summed E-state index contributed by atoms with van der Waals surface area (Å²) in [4.78, 5) is 15.7. The van der Waals surface area contributed by atoms with Crippen molar-refractivity contribution in [2.45, 2.75) is 50.7 Å². The Balaban J connectivity index is 0.00000420. The zero-order valence-corrected chi connectivity index (χ0v) is 20.4. The first kappa shape index (κ1) is 25.5. The Labute approximate surface area is 194 Å². The van der Waals surface area contributed by atoms with Crippen molar-refractivity contribution in [2.24, 2.45) is 5.16 Å². The topological polar surface area (TPSA) is 111 Å². The van der Waals surface area contributed by atoms with Crippen molar-refractivity contribution in [2.75, 3.05) is 12.9 Å². The molecular formula is C19H26NNaO7S. The third-order valence-corrected chi connectivity index (χ3v) is 5.34. The zero-order valence-electron chi connectivity index (χ0n) is 18.6. The Bertz CT molecular complexity index is 913. The van der Waals surface area contributed by atoms with Gasteiger partial charge in [0.25, 0.3) is 5.90 Å². The van der Waals surface area contributed by atoms with Gasteiger partial charge in [-0.15, -0.1) is 0 Å². The van der Waals surface area contributed by atoms with E-state index in [1.54, 1.807) is 12.1 Å². The van der Waals surface area contributed by atoms with Crippen molar-refractivity contribution in [3.05, 3.63) is 35.6 Å². The molecule has 0 bridgehead atoms. The Kier molecular flexibility index (Phi) is 8.76. The van der Waals surface area contributed by atoms with Crippen molar-refractivity contribution in [3.63, 3.8) is 0 Å². The molecule has 0 fully saturated rings. The van der Waals surface area contributed by atoms with E-state index in [2.05, 4.69) is 5.16 Å². The van der Waals surface area contributed by atoms with Gasteiger partial charge in [-0.05, 0) is 50.0 Å². The molecule has 0 radical (unpaired) electrons. The molecule has 1 heterocycles. The third kappa shape index (κ3) is 6.21. The summed E-state index contributed by atoms with van der Waals surface area (Å²) < 4.78 is 35.4. The molecule has 1 aromatic rings. The number of hydrogen-bond acceptors (Lipinski definition) is 7. The number of carboxylic acid groups (broad SMARTS) is 1. The number of sulfone groups is 1. The maximum atomic E-state index is 11.7. The van der Waals surface area contributed by atoms with E-state index >= 15 is 0 Å². The van der Waals surface area contributed by atoms with Crippen LogP contribution < -0.4 is 29.6 Å². The minimum atomic E-state index is -3.32. The number of oxime groups is 1. The van der Waals surface area contributed by atoms with Crippen LogP contribution in [0.25, 0.3) is 5.57 Å². The molecule has 0 unspecified atom stereocenters. The number of ether oxygens (including phenoxy) is 2. The summed E-state index contributed by atoms with van der Waals surface area (Å²) in [7, 11) is -3.32. The first-order chi connectivity index (χ1) is 13.0. The Morgan fingerprint density at radius 3 is 2.34 bits per heavy atom. The predicted octanol–water partition coefficient (Wildman–Crippen LogP) is -0.0437. The number of nitrogens with zero attached hydrogens (tertiary/aromatic N) is 1. The quantitative estimate of drug-likeness (QED) is 0.450. The number of carboxylic acids is 1. The van der Waals surface area contributed by atoms with E-state index in [1.807, 2.05) is 27.7 Å². The maximum Gasteiger partial charge on any atom is 1.00 e. The minimum Gasteiger partial charge on any atom is -1.00 e. The van der Waals surface area contributed by atoms with E-state index in [4.69, 9.17) is 19.4 Å². The van der Waals surface area contributed by atoms with Gasteiger partial charge in [-0.1, -0.05) is 19.1 Å². The fraction of sp³-hybridized carbons (Fsp3) is 0.474. The molecule has 0 amide bonds. The van der Waals surface area contributed by atoms with Gasteiger partial charge in [0.05, 0.1) is 16.6 Å². The molecule has 0 saturated heterocycles.